The van der Waals surface area contributed by atoms with E-state index in [9.17, 15) is 9.18 Å². The molecule has 2 aliphatic rings. The van der Waals surface area contributed by atoms with Crippen molar-refractivity contribution in [3.63, 3.8) is 0 Å². The van der Waals surface area contributed by atoms with Crippen LogP contribution >= 0.6 is 0 Å². The van der Waals surface area contributed by atoms with Gasteiger partial charge in [-0.15, -0.1) is 0 Å². The van der Waals surface area contributed by atoms with Crippen molar-refractivity contribution in [3.8, 4) is 0 Å². The number of rotatable bonds is 4. The fourth-order valence-electron chi connectivity index (χ4n) is 4.67. The summed E-state index contributed by atoms with van der Waals surface area (Å²) in [5.41, 5.74) is 2.71. The second kappa shape index (κ2) is 7.90. The van der Waals surface area contributed by atoms with Gasteiger partial charge in [-0.05, 0) is 85.8 Å². The van der Waals surface area contributed by atoms with Crippen molar-refractivity contribution in [2.45, 2.75) is 77.7 Å². The van der Waals surface area contributed by atoms with Gasteiger partial charge in [0, 0.05) is 6.42 Å². The van der Waals surface area contributed by atoms with Crippen molar-refractivity contribution >= 4 is 5.91 Å². The first-order chi connectivity index (χ1) is 12.7. The van der Waals surface area contributed by atoms with Crippen LogP contribution in [0, 0.1) is 11.2 Å². The standard InChI is InChI=1S/C23H35FN2O/c1-5-21(27)25-20-8-9-23(19-16-17(24)6-7-18(19)20)11-14-26(15-12-23)13-10-22(2,3)4/h6-7,16,20H,5,8-15H2,1-4H3,(H,25,27)/t20-/m1/s1. The van der Waals surface area contributed by atoms with E-state index in [2.05, 4.69) is 31.0 Å². The smallest absolute Gasteiger partial charge is 0.220 e. The molecule has 1 aliphatic heterocycles. The van der Waals surface area contributed by atoms with Crippen molar-refractivity contribution in [1.29, 1.82) is 0 Å². The van der Waals surface area contributed by atoms with Gasteiger partial charge >= 0.3 is 0 Å². The number of likely N-dealkylation sites (tertiary alicyclic amines) is 1. The van der Waals surface area contributed by atoms with Gasteiger partial charge in [0.25, 0.3) is 0 Å². The lowest BCUT2D eigenvalue weighted by atomic mass is 9.63. The second-order valence-corrected chi connectivity index (χ2v) is 9.68. The number of halogens is 1. The Morgan fingerprint density at radius 2 is 1.96 bits per heavy atom. The molecule has 1 aromatic rings. The number of nitrogens with zero attached hydrogens (tertiary/aromatic N) is 1. The zero-order chi connectivity index (χ0) is 19.7. The monoisotopic (exact) mass is 374 g/mol. The van der Waals surface area contributed by atoms with Crippen LogP contribution < -0.4 is 5.32 Å². The fraction of sp³-hybridized carbons (Fsp3) is 0.696. The lowest BCUT2D eigenvalue weighted by Crippen LogP contribution is -2.46. The van der Waals surface area contributed by atoms with E-state index in [-0.39, 0.29) is 23.2 Å². The Balaban J connectivity index is 1.76. The van der Waals surface area contributed by atoms with Gasteiger partial charge < -0.3 is 10.2 Å². The predicted molar refractivity (Wildman–Crippen MR) is 108 cm³/mol. The average Bonchev–Trinajstić information content (AvgIpc) is 2.63. The van der Waals surface area contributed by atoms with Gasteiger partial charge in [-0.2, -0.15) is 0 Å². The molecule has 0 aromatic heterocycles. The van der Waals surface area contributed by atoms with Gasteiger partial charge in [0.15, 0.2) is 0 Å². The summed E-state index contributed by atoms with van der Waals surface area (Å²) in [7, 11) is 0. The van der Waals surface area contributed by atoms with Crippen LogP contribution in [0.1, 0.15) is 83.4 Å². The summed E-state index contributed by atoms with van der Waals surface area (Å²) >= 11 is 0. The first kappa shape index (κ1) is 20.3. The molecule has 4 heteroatoms. The molecule has 1 aliphatic carbocycles. The van der Waals surface area contributed by atoms with Crippen molar-refractivity contribution in [2.24, 2.45) is 5.41 Å². The molecule has 0 bridgehead atoms. The molecule has 150 valence electrons. The Kier molecular flexibility index (Phi) is 5.95. The Morgan fingerprint density at radius 3 is 2.59 bits per heavy atom. The number of nitrogens with one attached hydrogen (secondary N) is 1. The summed E-state index contributed by atoms with van der Waals surface area (Å²) in [4.78, 5) is 14.5. The van der Waals surface area contributed by atoms with Gasteiger partial charge in [0.05, 0.1) is 6.04 Å². The highest BCUT2D eigenvalue weighted by Crippen LogP contribution is 2.48. The van der Waals surface area contributed by atoms with E-state index >= 15 is 0 Å². The molecule has 0 saturated carbocycles. The van der Waals surface area contributed by atoms with Crippen LogP contribution in [0.5, 0.6) is 0 Å². The third kappa shape index (κ3) is 4.71. The topological polar surface area (TPSA) is 32.3 Å². The van der Waals surface area contributed by atoms with Crippen molar-refractivity contribution in [2.75, 3.05) is 19.6 Å². The van der Waals surface area contributed by atoms with Crippen LogP contribution in [0.4, 0.5) is 4.39 Å². The number of carbonyl (C=O) groups excluding carboxylic acids is 1. The van der Waals surface area contributed by atoms with Crippen LogP contribution in [-0.2, 0) is 10.2 Å². The van der Waals surface area contributed by atoms with E-state index in [4.69, 9.17) is 0 Å². The maximum atomic E-state index is 14.1. The van der Waals surface area contributed by atoms with Gasteiger partial charge in [-0.1, -0.05) is 33.8 Å². The molecule has 3 nitrogen and oxygen atoms in total. The van der Waals surface area contributed by atoms with Crippen LogP contribution in [0.15, 0.2) is 18.2 Å². The molecule has 1 atom stereocenters. The summed E-state index contributed by atoms with van der Waals surface area (Å²) in [6.45, 7) is 12.1. The molecule has 1 saturated heterocycles. The second-order valence-electron chi connectivity index (χ2n) is 9.68. The highest BCUT2D eigenvalue weighted by atomic mass is 19.1. The lowest BCUT2D eigenvalue weighted by Gasteiger charge is -2.47. The Bertz CT molecular complexity index is 671. The SMILES string of the molecule is CCC(=O)N[C@@H]1CCC2(CCN(CCC(C)(C)C)CC2)c2cc(F)ccc21. The van der Waals surface area contributed by atoms with Gasteiger partial charge in [-0.25, -0.2) is 4.39 Å². The number of hydrogen-bond donors (Lipinski definition) is 1. The Morgan fingerprint density at radius 1 is 1.26 bits per heavy atom. The van der Waals surface area contributed by atoms with Crippen molar-refractivity contribution < 1.29 is 9.18 Å². The number of fused-ring (bicyclic) bond motifs is 2. The van der Waals surface area contributed by atoms with E-state index in [1.165, 1.54) is 6.42 Å². The molecule has 3 rings (SSSR count). The molecule has 1 aromatic carbocycles. The summed E-state index contributed by atoms with van der Waals surface area (Å²) in [6, 6.07) is 5.21. The Labute approximate surface area is 163 Å². The van der Waals surface area contributed by atoms with Crippen LogP contribution in [0.2, 0.25) is 0 Å². The maximum Gasteiger partial charge on any atom is 0.220 e. The molecular weight excluding hydrogens is 339 g/mol. The number of amides is 1. The first-order valence-electron chi connectivity index (χ1n) is 10.5. The molecule has 0 radical (unpaired) electrons. The molecule has 1 spiro atoms. The van der Waals surface area contributed by atoms with Crippen LogP contribution in [-0.4, -0.2) is 30.4 Å². The molecule has 27 heavy (non-hydrogen) atoms. The zero-order valence-electron chi connectivity index (χ0n) is 17.4. The molecular formula is C23H35FN2O. The largest absolute Gasteiger partial charge is 0.349 e. The summed E-state index contributed by atoms with van der Waals surface area (Å²) in [5, 5.41) is 3.14. The first-order valence-corrected chi connectivity index (χ1v) is 10.5. The van der Waals surface area contributed by atoms with E-state index in [1.54, 1.807) is 12.1 Å². The fourth-order valence-corrected chi connectivity index (χ4v) is 4.67. The minimum Gasteiger partial charge on any atom is -0.349 e. The quantitative estimate of drug-likeness (QED) is 0.808. The summed E-state index contributed by atoms with van der Waals surface area (Å²) < 4.78 is 14.1. The minimum atomic E-state index is -0.161. The number of hydrogen-bond acceptors (Lipinski definition) is 2. The van der Waals surface area contributed by atoms with E-state index in [1.807, 2.05) is 13.0 Å². The molecule has 1 heterocycles. The van der Waals surface area contributed by atoms with Crippen LogP contribution in [0.25, 0.3) is 0 Å². The van der Waals surface area contributed by atoms with E-state index in [0.717, 1.165) is 56.4 Å². The molecule has 1 fully saturated rings. The molecule has 0 unspecified atom stereocenters. The summed E-state index contributed by atoms with van der Waals surface area (Å²) in [5.74, 6) is -0.0889. The lowest BCUT2D eigenvalue weighted by molar-refractivity contribution is -0.121. The minimum absolute atomic E-state index is 0.0256. The third-order valence-electron chi connectivity index (χ3n) is 6.52. The zero-order valence-corrected chi connectivity index (χ0v) is 17.4. The van der Waals surface area contributed by atoms with Crippen molar-refractivity contribution in [3.05, 3.63) is 35.1 Å². The van der Waals surface area contributed by atoms with E-state index < -0.39 is 0 Å². The normalized spacial score (nSPS) is 22.5. The predicted octanol–water partition coefficient (Wildman–Crippen LogP) is 4.96. The third-order valence-corrected chi connectivity index (χ3v) is 6.52. The van der Waals surface area contributed by atoms with E-state index in [0.29, 0.717) is 11.8 Å². The number of benzene rings is 1. The highest BCUT2D eigenvalue weighted by Gasteiger charge is 2.42. The van der Waals surface area contributed by atoms with Gasteiger partial charge in [0.2, 0.25) is 5.91 Å². The van der Waals surface area contributed by atoms with Gasteiger partial charge in [0.1, 0.15) is 5.82 Å². The van der Waals surface area contributed by atoms with Crippen LogP contribution in [0.3, 0.4) is 0 Å². The van der Waals surface area contributed by atoms with Gasteiger partial charge in [-0.3, -0.25) is 4.79 Å². The number of carbonyl (C=O) groups is 1. The number of piperidine rings is 1. The highest BCUT2D eigenvalue weighted by molar-refractivity contribution is 5.76. The summed E-state index contributed by atoms with van der Waals surface area (Å²) in [6.07, 6.45) is 5.85. The van der Waals surface area contributed by atoms with Crippen molar-refractivity contribution in [1.82, 2.24) is 10.2 Å². The average molecular weight is 375 g/mol. The maximum absolute atomic E-state index is 14.1. The Hall–Kier alpha value is -1.42. The molecule has 1 N–H and O–H groups in total. The molecule has 1 amide bonds.